The van der Waals surface area contributed by atoms with Crippen molar-refractivity contribution in [2.75, 3.05) is 39.3 Å². The van der Waals surface area contributed by atoms with Gasteiger partial charge in [0.25, 0.3) is 5.91 Å². The highest BCUT2D eigenvalue weighted by Crippen LogP contribution is 2.28. The van der Waals surface area contributed by atoms with Gasteiger partial charge in [-0.3, -0.25) is 48.2 Å². The van der Waals surface area contributed by atoms with E-state index in [1.807, 2.05) is 20.8 Å². The molecule has 6 unspecified atom stereocenters. The van der Waals surface area contributed by atoms with Crippen LogP contribution < -0.4 is 43.0 Å². The summed E-state index contributed by atoms with van der Waals surface area (Å²) in [5.74, 6) is -6.13. The van der Waals surface area contributed by atoms with Gasteiger partial charge in [0.15, 0.2) is 0 Å². The maximum atomic E-state index is 13.4. The number of fused-ring (bicyclic) bond motifs is 1. The van der Waals surface area contributed by atoms with Gasteiger partial charge in [-0.1, -0.05) is 66.2 Å². The summed E-state index contributed by atoms with van der Waals surface area (Å²) in [6.07, 6.45) is 6.27. The monoisotopic (exact) mass is 792 g/mol. The van der Waals surface area contributed by atoms with Crippen LogP contribution in [0.3, 0.4) is 0 Å². The Kier molecular flexibility index (Phi) is 17.9. The van der Waals surface area contributed by atoms with Crippen LogP contribution in [0.2, 0.25) is 0 Å². The second kappa shape index (κ2) is 22.0. The largest absolute Gasteiger partial charge is 0.480 e. The number of carbonyl (C=O) groups is 9. The van der Waals surface area contributed by atoms with E-state index in [0.717, 1.165) is 32.1 Å². The van der Waals surface area contributed by atoms with Gasteiger partial charge in [-0.2, -0.15) is 0 Å². The number of nitrogens with one attached hydrogen (secondary N) is 7. The van der Waals surface area contributed by atoms with Crippen molar-refractivity contribution in [2.24, 2.45) is 23.5 Å². The topological polar surface area (TPSA) is 291 Å². The van der Waals surface area contributed by atoms with E-state index in [4.69, 9.17) is 10.8 Å². The first-order valence-corrected chi connectivity index (χ1v) is 19.6. The zero-order chi connectivity index (χ0) is 41.5. The number of nitrogens with zero attached hydrogens (tertiary/aromatic N) is 2. The molecular weight excluding hydrogens is 732 g/mol. The van der Waals surface area contributed by atoms with E-state index >= 15 is 0 Å². The molecule has 20 nitrogen and oxygen atoms in total. The van der Waals surface area contributed by atoms with Crippen molar-refractivity contribution in [1.82, 2.24) is 47.2 Å². The molecule has 0 aromatic rings. The molecule has 3 fully saturated rings. The summed E-state index contributed by atoms with van der Waals surface area (Å²) < 4.78 is 0. The molecule has 0 radical (unpaired) electrons. The van der Waals surface area contributed by atoms with Gasteiger partial charge < -0.3 is 48.1 Å². The lowest BCUT2D eigenvalue weighted by Gasteiger charge is -2.26. The summed E-state index contributed by atoms with van der Waals surface area (Å²) in [5, 5.41) is 29.7. The zero-order valence-electron chi connectivity index (χ0n) is 32.8. The molecule has 10 N–H and O–H groups in total. The van der Waals surface area contributed by atoms with Crippen molar-refractivity contribution in [3.05, 3.63) is 0 Å². The predicted octanol–water partition coefficient (Wildman–Crippen LogP) is -2.79. The Balaban J connectivity index is 1.52. The van der Waals surface area contributed by atoms with Crippen molar-refractivity contribution >= 4 is 53.2 Å². The third-order valence-corrected chi connectivity index (χ3v) is 10.4. The summed E-state index contributed by atoms with van der Waals surface area (Å²) in [4.78, 5) is 114. The molecular formula is C36H60N10O10. The van der Waals surface area contributed by atoms with Crippen molar-refractivity contribution in [3.63, 3.8) is 0 Å². The Morgan fingerprint density at radius 1 is 0.786 bits per heavy atom. The minimum atomic E-state index is -1.22. The molecule has 314 valence electrons. The molecule has 1 aliphatic carbocycles. The molecule has 56 heavy (non-hydrogen) atoms. The molecule has 3 rings (SSSR count). The molecule has 3 aliphatic rings. The fourth-order valence-electron chi connectivity index (χ4n) is 7.21. The predicted molar refractivity (Wildman–Crippen MR) is 200 cm³/mol. The molecule has 2 heterocycles. The number of aliphatic carboxylic acids is 1. The Morgan fingerprint density at radius 2 is 1.39 bits per heavy atom. The van der Waals surface area contributed by atoms with Gasteiger partial charge in [0.1, 0.15) is 36.8 Å². The van der Waals surface area contributed by atoms with E-state index in [1.165, 1.54) is 5.01 Å². The van der Waals surface area contributed by atoms with Crippen molar-refractivity contribution in [2.45, 2.75) is 116 Å². The molecule has 1 saturated carbocycles. The van der Waals surface area contributed by atoms with Crippen LogP contribution in [-0.2, 0) is 43.2 Å². The SMILES string of the molecule is CCC(C)C(NC(=O)CN)C(=O)NC1CN2CCC(C(=O)NCC(=O)NC(CC(C)C)C(=O)NCC(=O)NC(CC3CCCCC3)C(=O)NCC(=O)O)N2C1=O. The first-order valence-electron chi connectivity index (χ1n) is 19.6. The van der Waals surface area contributed by atoms with Crippen molar-refractivity contribution < 1.29 is 48.3 Å². The van der Waals surface area contributed by atoms with Crippen molar-refractivity contribution in [1.29, 1.82) is 0 Å². The second-order valence-corrected chi connectivity index (χ2v) is 15.3. The smallest absolute Gasteiger partial charge is 0.322 e. The van der Waals surface area contributed by atoms with E-state index in [9.17, 15) is 43.2 Å². The number of hydrogen-bond acceptors (Lipinski definition) is 11. The highest BCUT2D eigenvalue weighted by molar-refractivity contribution is 5.97. The highest BCUT2D eigenvalue weighted by Gasteiger charge is 2.49. The number of hydrazine groups is 1. The molecule has 0 aromatic heterocycles. The number of amides is 8. The maximum absolute atomic E-state index is 13.4. The molecule has 0 bridgehead atoms. The van der Waals surface area contributed by atoms with Crippen LogP contribution in [0.4, 0.5) is 0 Å². The fraction of sp³-hybridized carbons (Fsp3) is 0.750. The van der Waals surface area contributed by atoms with Gasteiger partial charge in [0.2, 0.25) is 41.4 Å². The highest BCUT2D eigenvalue weighted by atomic mass is 16.4. The van der Waals surface area contributed by atoms with Crippen LogP contribution in [0.5, 0.6) is 0 Å². The minimum Gasteiger partial charge on any atom is -0.480 e. The average molecular weight is 793 g/mol. The maximum Gasteiger partial charge on any atom is 0.322 e. The molecule has 0 spiro atoms. The van der Waals surface area contributed by atoms with Gasteiger partial charge in [-0.15, -0.1) is 0 Å². The Bertz CT molecular complexity index is 1450. The number of carboxylic acids is 1. The molecule has 0 aromatic carbocycles. The molecule has 20 heteroatoms. The number of nitrogens with two attached hydrogens (primary N) is 1. The molecule has 2 aliphatic heterocycles. The Hall–Kier alpha value is -4.85. The third kappa shape index (κ3) is 13.7. The van der Waals surface area contributed by atoms with Gasteiger partial charge in [-0.05, 0) is 37.0 Å². The van der Waals surface area contributed by atoms with E-state index in [-0.39, 0.29) is 43.7 Å². The van der Waals surface area contributed by atoms with Crippen LogP contribution in [-0.4, -0.2) is 138 Å². The standard InChI is InChI=1S/C36H60N10O10/c1-5-21(4)31(44-27(47)15-37)35(55)43-25-19-45-12-11-26(46(45)36(25)56)34(54)39-17-29(49)41-23(13-20(2)3)32(52)38-16-28(48)42-24(33(53)40-18-30(50)51)14-22-9-7-6-8-10-22/h20-26,31H,5-19,37H2,1-4H3,(H,38,52)(H,39,54)(H,40,53)(H,41,49)(H,42,48)(H,43,55)(H,44,47)(H,50,51). The summed E-state index contributed by atoms with van der Waals surface area (Å²) >= 11 is 0. The van der Waals surface area contributed by atoms with Gasteiger partial charge in [0, 0.05) is 13.1 Å². The van der Waals surface area contributed by atoms with E-state index in [1.54, 1.807) is 11.9 Å². The van der Waals surface area contributed by atoms with Crippen LogP contribution in [0, 0.1) is 17.8 Å². The van der Waals surface area contributed by atoms with E-state index in [0.29, 0.717) is 19.4 Å². The normalized spacial score (nSPS) is 20.5. The van der Waals surface area contributed by atoms with Gasteiger partial charge in [-0.25, -0.2) is 5.01 Å². The van der Waals surface area contributed by atoms with Crippen molar-refractivity contribution in [3.8, 4) is 0 Å². The third-order valence-electron chi connectivity index (χ3n) is 10.4. The zero-order valence-corrected chi connectivity index (χ0v) is 32.8. The van der Waals surface area contributed by atoms with E-state index < -0.39 is 103 Å². The summed E-state index contributed by atoms with van der Waals surface area (Å²) in [6.45, 7) is 5.88. The van der Waals surface area contributed by atoms with Gasteiger partial charge >= 0.3 is 5.97 Å². The Labute approximate surface area is 326 Å². The number of hydrogen-bond donors (Lipinski definition) is 9. The first-order chi connectivity index (χ1) is 26.5. The van der Waals surface area contributed by atoms with Crippen LogP contribution in [0.25, 0.3) is 0 Å². The number of carboxylic acid groups (broad SMARTS) is 1. The molecule has 8 amide bonds. The lowest BCUT2D eigenvalue weighted by Crippen LogP contribution is -2.56. The summed E-state index contributed by atoms with van der Waals surface area (Å²) in [7, 11) is 0. The van der Waals surface area contributed by atoms with E-state index in [2.05, 4.69) is 37.2 Å². The van der Waals surface area contributed by atoms with Gasteiger partial charge in [0.05, 0.1) is 19.6 Å². The van der Waals surface area contributed by atoms with Crippen LogP contribution >= 0.6 is 0 Å². The quantitative estimate of drug-likeness (QED) is 0.0571. The lowest BCUT2D eigenvalue weighted by atomic mass is 9.84. The lowest BCUT2D eigenvalue weighted by molar-refractivity contribution is -0.145. The fourth-order valence-corrected chi connectivity index (χ4v) is 7.21. The summed E-state index contributed by atoms with van der Waals surface area (Å²) in [6, 6.07) is -4.86. The number of rotatable bonds is 21. The minimum absolute atomic E-state index is 0.0521. The Morgan fingerprint density at radius 3 is 2.00 bits per heavy atom. The van der Waals surface area contributed by atoms with Crippen LogP contribution in [0.1, 0.15) is 85.5 Å². The molecule has 2 saturated heterocycles. The number of carbonyl (C=O) groups excluding carboxylic acids is 8. The second-order valence-electron chi connectivity index (χ2n) is 15.3. The average Bonchev–Trinajstić information content (AvgIpc) is 3.72. The molecule has 6 atom stereocenters. The van der Waals surface area contributed by atoms with Crippen LogP contribution in [0.15, 0.2) is 0 Å². The summed E-state index contributed by atoms with van der Waals surface area (Å²) in [5.41, 5.74) is 5.40. The first kappa shape index (κ1) is 45.5.